The molecule has 1 aliphatic carbocycles. The summed E-state index contributed by atoms with van der Waals surface area (Å²) in [5.74, 6) is -4.99. The molecule has 1 aromatic carbocycles. The average molecular weight is 361 g/mol. The van der Waals surface area contributed by atoms with Crippen molar-refractivity contribution < 1.29 is 27.8 Å². The molecule has 1 atom stereocenters. The average Bonchev–Trinajstić information content (AvgIpc) is 3.34. The lowest BCUT2D eigenvalue weighted by molar-refractivity contribution is -0.139. The van der Waals surface area contributed by atoms with Crippen LogP contribution >= 0.6 is 0 Å². The molecule has 1 aromatic rings. The van der Waals surface area contributed by atoms with Crippen LogP contribution in [0.5, 0.6) is 0 Å². The number of nitrogens with zero attached hydrogens (tertiary/aromatic N) is 1. The molecule has 0 amide bonds. The number of methoxy groups -OCH3 is 2. The SMILES string of the molecule is COC(=O)C1=C(C(=O)OC)N(c2cccc(C3CC3(F)F)c2)C=CC=C1. The van der Waals surface area contributed by atoms with Crippen molar-refractivity contribution in [3.8, 4) is 0 Å². The Labute approximate surface area is 149 Å². The molecule has 1 saturated carbocycles. The first-order chi connectivity index (χ1) is 12.4. The third kappa shape index (κ3) is 3.24. The van der Waals surface area contributed by atoms with E-state index in [0.717, 1.165) is 0 Å². The van der Waals surface area contributed by atoms with Gasteiger partial charge >= 0.3 is 11.9 Å². The van der Waals surface area contributed by atoms with Crippen molar-refractivity contribution in [2.75, 3.05) is 19.1 Å². The Morgan fingerprint density at radius 2 is 1.85 bits per heavy atom. The number of carbonyl (C=O) groups excluding carboxylic acids is 2. The number of hydrogen-bond acceptors (Lipinski definition) is 5. The van der Waals surface area contributed by atoms with Gasteiger partial charge < -0.3 is 14.4 Å². The van der Waals surface area contributed by atoms with Crippen LogP contribution in [-0.4, -0.2) is 32.1 Å². The molecule has 136 valence electrons. The van der Waals surface area contributed by atoms with Crippen LogP contribution in [0.4, 0.5) is 14.5 Å². The first kappa shape index (κ1) is 17.8. The lowest BCUT2D eigenvalue weighted by Crippen LogP contribution is -2.27. The van der Waals surface area contributed by atoms with Crippen LogP contribution in [0.15, 0.2) is 60.0 Å². The van der Waals surface area contributed by atoms with Gasteiger partial charge in [0.1, 0.15) is 5.70 Å². The molecule has 0 spiro atoms. The van der Waals surface area contributed by atoms with Crippen molar-refractivity contribution in [1.29, 1.82) is 0 Å². The van der Waals surface area contributed by atoms with Crippen LogP contribution in [0.2, 0.25) is 0 Å². The molecule has 0 bridgehead atoms. The fourth-order valence-electron chi connectivity index (χ4n) is 2.83. The second kappa shape index (κ2) is 6.74. The molecule has 0 saturated heterocycles. The molecule has 3 rings (SSSR count). The van der Waals surface area contributed by atoms with Gasteiger partial charge in [0.25, 0.3) is 5.92 Å². The molecule has 26 heavy (non-hydrogen) atoms. The molecule has 7 heteroatoms. The highest BCUT2D eigenvalue weighted by Crippen LogP contribution is 2.56. The zero-order valence-corrected chi connectivity index (χ0v) is 14.2. The van der Waals surface area contributed by atoms with E-state index in [1.54, 1.807) is 42.6 Å². The van der Waals surface area contributed by atoms with E-state index in [0.29, 0.717) is 11.3 Å². The molecule has 5 nitrogen and oxygen atoms in total. The Balaban J connectivity index is 2.08. The van der Waals surface area contributed by atoms with Crippen molar-refractivity contribution >= 4 is 17.6 Å². The summed E-state index contributed by atoms with van der Waals surface area (Å²) in [4.78, 5) is 25.9. The molecule has 1 aliphatic heterocycles. The fourth-order valence-corrected chi connectivity index (χ4v) is 2.83. The standard InChI is InChI=1S/C19H17F2NO4/c1-25-17(23)14-8-3-4-9-22(16(14)18(24)26-2)13-7-5-6-12(10-13)15-11-19(15,20)21/h3-10,15H,11H2,1-2H3. The molecule has 1 unspecified atom stereocenters. The maximum atomic E-state index is 13.4. The van der Waals surface area contributed by atoms with Gasteiger partial charge in [-0.05, 0) is 29.8 Å². The fraction of sp³-hybridized carbons (Fsp3) is 0.263. The highest BCUT2D eigenvalue weighted by molar-refractivity contribution is 6.05. The second-order valence-corrected chi connectivity index (χ2v) is 5.93. The molecule has 1 heterocycles. The number of rotatable bonds is 4. The minimum absolute atomic E-state index is 0.00602. The molecular formula is C19H17F2NO4. The maximum absolute atomic E-state index is 13.4. The minimum atomic E-state index is -2.70. The monoisotopic (exact) mass is 361 g/mol. The van der Waals surface area contributed by atoms with E-state index in [-0.39, 0.29) is 17.7 Å². The van der Waals surface area contributed by atoms with Gasteiger partial charge in [0, 0.05) is 18.3 Å². The molecule has 2 aliphatic rings. The number of ether oxygens (including phenoxy) is 2. The summed E-state index contributed by atoms with van der Waals surface area (Å²) < 4.78 is 36.4. The van der Waals surface area contributed by atoms with Gasteiger partial charge in [-0.1, -0.05) is 18.2 Å². The summed E-state index contributed by atoms with van der Waals surface area (Å²) in [6, 6.07) is 6.51. The van der Waals surface area contributed by atoms with Gasteiger partial charge in [-0.25, -0.2) is 18.4 Å². The number of allylic oxidation sites excluding steroid dienone is 2. The normalized spacial score (nSPS) is 20.6. The molecular weight excluding hydrogens is 344 g/mol. The van der Waals surface area contributed by atoms with Crippen LogP contribution in [0, 0.1) is 0 Å². The molecule has 0 N–H and O–H groups in total. The third-order valence-electron chi connectivity index (χ3n) is 4.27. The van der Waals surface area contributed by atoms with Gasteiger partial charge in [0.2, 0.25) is 0 Å². The summed E-state index contributed by atoms with van der Waals surface area (Å²) in [5, 5.41) is 0. The van der Waals surface area contributed by atoms with Crippen molar-refractivity contribution in [1.82, 2.24) is 0 Å². The predicted octanol–water partition coefficient (Wildman–Crippen LogP) is 3.30. The molecule has 1 fully saturated rings. The molecule has 0 aromatic heterocycles. The number of benzene rings is 1. The Bertz CT molecular complexity index is 842. The van der Waals surface area contributed by atoms with Crippen molar-refractivity contribution in [3.05, 3.63) is 65.5 Å². The van der Waals surface area contributed by atoms with Crippen LogP contribution in [-0.2, 0) is 19.1 Å². The summed E-state index contributed by atoms with van der Waals surface area (Å²) in [5.41, 5.74) is 0.893. The van der Waals surface area contributed by atoms with Gasteiger partial charge in [-0.3, -0.25) is 0 Å². The Morgan fingerprint density at radius 1 is 1.15 bits per heavy atom. The van der Waals surface area contributed by atoms with E-state index in [1.165, 1.54) is 25.2 Å². The van der Waals surface area contributed by atoms with Crippen LogP contribution in [0.3, 0.4) is 0 Å². The first-order valence-electron chi connectivity index (χ1n) is 7.92. The Kier molecular flexibility index (Phi) is 4.63. The third-order valence-corrected chi connectivity index (χ3v) is 4.27. The smallest absolute Gasteiger partial charge is 0.355 e. The summed E-state index contributed by atoms with van der Waals surface area (Å²) in [6.45, 7) is 0. The predicted molar refractivity (Wildman–Crippen MR) is 90.6 cm³/mol. The van der Waals surface area contributed by atoms with E-state index in [1.807, 2.05) is 0 Å². The minimum Gasteiger partial charge on any atom is -0.465 e. The van der Waals surface area contributed by atoms with E-state index < -0.39 is 23.8 Å². The Morgan fingerprint density at radius 3 is 2.46 bits per heavy atom. The number of halogens is 2. The van der Waals surface area contributed by atoms with Crippen LogP contribution in [0.1, 0.15) is 17.9 Å². The topological polar surface area (TPSA) is 55.8 Å². The number of esters is 2. The van der Waals surface area contributed by atoms with Crippen LogP contribution in [0.25, 0.3) is 0 Å². The summed E-state index contributed by atoms with van der Waals surface area (Å²) in [6.07, 6.45) is 6.00. The summed E-state index contributed by atoms with van der Waals surface area (Å²) in [7, 11) is 2.40. The lowest BCUT2D eigenvalue weighted by atomic mass is 10.1. The van der Waals surface area contributed by atoms with Crippen LogP contribution < -0.4 is 4.90 Å². The maximum Gasteiger partial charge on any atom is 0.355 e. The van der Waals surface area contributed by atoms with Crippen molar-refractivity contribution in [3.63, 3.8) is 0 Å². The van der Waals surface area contributed by atoms with Gasteiger partial charge in [-0.15, -0.1) is 0 Å². The van der Waals surface area contributed by atoms with E-state index in [2.05, 4.69) is 0 Å². The highest BCUT2D eigenvalue weighted by Gasteiger charge is 2.57. The van der Waals surface area contributed by atoms with Gasteiger partial charge in [0.15, 0.2) is 0 Å². The summed E-state index contributed by atoms with van der Waals surface area (Å²) >= 11 is 0. The largest absolute Gasteiger partial charge is 0.465 e. The van der Waals surface area contributed by atoms with E-state index in [9.17, 15) is 18.4 Å². The highest BCUT2D eigenvalue weighted by atomic mass is 19.3. The number of carbonyl (C=O) groups is 2. The van der Waals surface area contributed by atoms with Crippen molar-refractivity contribution in [2.45, 2.75) is 18.3 Å². The zero-order valence-electron chi connectivity index (χ0n) is 14.2. The van der Waals surface area contributed by atoms with Gasteiger partial charge in [-0.2, -0.15) is 0 Å². The second-order valence-electron chi connectivity index (χ2n) is 5.93. The number of alkyl halides is 2. The van der Waals surface area contributed by atoms with Gasteiger partial charge in [0.05, 0.1) is 25.7 Å². The first-order valence-corrected chi connectivity index (χ1v) is 7.92. The van der Waals surface area contributed by atoms with E-state index >= 15 is 0 Å². The Hall–Kier alpha value is -2.96. The zero-order chi connectivity index (χ0) is 18.9. The lowest BCUT2D eigenvalue weighted by Gasteiger charge is -2.23. The quantitative estimate of drug-likeness (QED) is 0.771. The van der Waals surface area contributed by atoms with Crippen molar-refractivity contribution in [2.24, 2.45) is 0 Å². The number of hydrogen-bond donors (Lipinski definition) is 0. The number of anilines is 1. The molecule has 0 radical (unpaired) electrons. The van der Waals surface area contributed by atoms with E-state index in [4.69, 9.17) is 9.47 Å².